The topological polar surface area (TPSA) is 104 Å². The van der Waals surface area contributed by atoms with Crippen molar-refractivity contribution in [2.45, 2.75) is 24.2 Å². The molecule has 0 bridgehead atoms. The van der Waals surface area contributed by atoms with Crippen LogP contribution >= 0.6 is 11.6 Å². The number of carbonyl (C=O) groups is 3. The second kappa shape index (κ2) is 8.15. The third-order valence-electron chi connectivity index (χ3n) is 3.96. The maximum absolute atomic E-state index is 12.3. The Morgan fingerprint density at radius 1 is 1.23 bits per heavy atom. The smallest absolute Gasteiger partial charge is 0.252 e. The number of carbonyl (C=O) groups excluding carboxylic acids is 3. The molecule has 8 nitrogen and oxygen atoms in total. The quantitative estimate of drug-likeness (QED) is 0.539. The molecule has 1 aromatic rings. The first kappa shape index (κ1) is 20.3. The van der Waals surface area contributed by atoms with Gasteiger partial charge in [-0.2, -0.15) is 0 Å². The summed E-state index contributed by atoms with van der Waals surface area (Å²) in [5.74, 6) is -0.929. The van der Waals surface area contributed by atoms with E-state index in [0.717, 1.165) is 4.31 Å². The maximum Gasteiger partial charge on any atom is 0.252 e. The number of benzene rings is 1. The predicted molar refractivity (Wildman–Crippen MR) is 95.2 cm³/mol. The molecule has 1 N–H and O–H groups in total. The van der Waals surface area contributed by atoms with Gasteiger partial charge in [-0.1, -0.05) is 11.6 Å². The number of nitrogens with one attached hydrogen (secondary N) is 1. The van der Waals surface area contributed by atoms with Crippen LogP contribution < -0.4 is 5.32 Å². The molecule has 0 aliphatic carbocycles. The van der Waals surface area contributed by atoms with E-state index < -0.39 is 15.9 Å². The Labute approximate surface area is 157 Å². The van der Waals surface area contributed by atoms with E-state index in [2.05, 4.69) is 5.32 Å². The first-order valence-electron chi connectivity index (χ1n) is 7.98. The summed E-state index contributed by atoms with van der Waals surface area (Å²) in [5.41, 5.74) is 0.0444. The summed E-state index contributed by atoms with van der Waals surface area (Å²) >= 11 is 6.01. The van der Waals surface area contributed by atoms with E-state index in [0.29, 0.717) is 6.42 Å². The van der Waals surface area contributed by atoms with Crippen LogP contribution in [0.15, 0.2) is 23.1 Å². The van der Waals surface area contributed by atoms with Crippen LogP contribution in [-0.4, -0.2) is 62.5 Å². The Morgan fingerprint density at radius 2 is 1.85 bits per heavy atom. The fourth-order valence-electron chi connectivity index (χ4n) is 2.46. The van der Waals surface area contributed by atoms with Gasteiger partial charge in [0.1, 0.15) is 0 Å². The lowest BCUT2D eigenvalue weighted by Crippen LogP contribution is -2.33. The number of nitrogens with zero attached hydrogens (tertiary/aromatic N) is 2. The van der Waals surface area contributed by atoms with Gasteiger partial charge in [-0.15, -0.1) is 0 Å². The molecule has 0 aromatic heterocycles. The van der Waals surface area contributed by atoms with E-state index >= 15 is 0 Å². The molecule has 1 aromatic carbocycles. The maximum atomic E-state index is 12.3. The molecule has 26 heavy (non-hydrogen) atoms. The second-order valence-corrected chi connectivity index (χ2v) is 8.54. The molecule has 1 aliphatic rings. The molecule has 1 saturated heterocycles. The Hall–Kier alpha value is -1.97. The first-order chi connectivity index (χ1) is 12.1. The van der Waals surface area contributed by atoms with Gasteiger partial charge in [0.15, 0.2) is 0 Å². The van der Waals surface area contributed by atoms with E-state index in [1.807, 2.05) is 0 Å². The van der Waals surface area contributed by atoms with E-state index in [-0.39, 0.29) is 53.2 Å². The van der Waals surface area contributed by atoms with Gasteiger partial charge >= 0.3 is 0 Å². The highest BCUT2D eigenvalue weighted by Gasteiger charge is 2.28. The molecule has 1 aliphatic heterocycles. The Balaban J connectivity index is 1.99. The summed E-state index contributed by atoms with van der Waals surface area (Å²) in [6.45, 7) is 0.456. The Kier molecular flexibility index (Phi) is 6.38. The van der Waals surface area contributed by atoms with Crippen LogP contribution in [0.5, 0.6) is 0 Å². The summed E-state index contributed by atoms with van der Waals surface area (Å²) in [5, 5.41) is 2.75. The third-order valence-corrected chi connectivity index (χ3v) is 6.10. The number of rotatable bonds is 7. The molecule has 3 amide bonds. The fourth-order valence-corrected chi connectivity index (χ4v) is 3.59. The van der Waals surface area contributed by atoms with Crippen molar-refractivity contribution in [2.24, 2.45) is 0 Å². The van der Waals surface area contributed by atoms with Gasteiger partial charge in [0.05, 0.1) is 15.5 Å². The lowest BCUT2D eigenvalue weighted by atomic mass is 10.2. The van der Waals surface area contributed by atoms with Gasteiger partial charge in [0.25, 0.3) is 5.91 Å². The number of hydrogen-bond acceptors (Lipinski definition) is 5. The minimum Gasteiger partial charge on any atom is -0.352 e. The monoisotopic (exact) mass is 401 g/mol. The molecule has 0 radical (unpaired) electrons. The molecule has 0 spiro atoms. The van der Waals surface area contributed by atoms with E-state index in [4.69, 9.17) is 11.6 Å². The summed E-state index contributed by atoms with van der Waals surface area (Å²) in [7, 11) is -0.898. The van der Waals surface area contributed by atoms with Gasteiger partial charge in [-0.3, -0.25) is 19.3 Å². The van der Waals surface area contributed by atoms with Crippen molar-refractivity contribution < 1.29 is 22.8 Å². The molecule has 0 unspecified atom stereocenters. The molecule has 142 valence electrons. The molecule has 10 heteroatoms. The van der Waals surface area contributed by atoms with Crippen LogP contribution in [0.1, 0.15) is 29.6 Å². The number of amides is 3. The number of imide groups is 1. The molecule has 1 fully saturated rings. The van der Waals surface area contributed by atoms with Crippen molar-refractivity contribution in [3.63, 3.8) is 0 Å². The largest absolute Gasteiger partial charge is 0.352 e. The molecule has 2 rings (SSSR count). The molecular weight excluding hydrogens is 382 g/mol. The SMILES string of the molecule is CN(C)S(=O)(=O)c1ccc(Cl)c(C(=O)NCCCN2C(=O)CCC2=O)c1. The molecule has 0 saturated carbocycles. The van der Waals surface area contributed by atoms with Gasteiger partial charge < -0.3 is 5.32 Å². The van der Waals surface area contributed by atoms with Gasteiger partial charge in [0, 0.05) is 40.0 Å². The molecule has 0 atom stereocenters. The third kappa shape index (κ3) is 4.40. The van der Waals surface area contributed by atoms with Crippen LogP contribution in [-0.2, 0) is 19.6 Å². The fraction of sp³-hybridized carbons (Fsp3) is 0.438. The van der Waals surface area contributed by atoms with E-state index in [1.54, 1.807) is 0 Å². The Bertz CT molecular complexity index is 822. The predicted octanol–water partition coefficient (Wildman–Crippen LogP) is 0.859. The highest BCUT2D eigenvalue weighted by Crippen LogP contribution is 2.22. The van der Waals surface area contributed by atoms with Crippen LogP contribution in [0.4, 0.5) is 0 Å². The number of sulfonamides is 1. The lowest BCUT2D eigenvalue weighted by molar-refractivity contribution is -0.138. The summed E-state index contributed by atoms with van der Waals surface area (Å²) in [6, 6.07) is 3.91. The van der Waals surface area contributed by atoms with E-state index in [9.17, 15) is 22.8 Å². The highest BCUT2D eigenvalue weighted by molar-refractivity contribution is 7.89. The average Bonchev–Trinajstić information content (AvgIpc) is 2.90. The minimum absolute atomic E-state index is 0.0367. The van der Waals surface area contributed by atoms with Crippen molar-refractivity contribution in [3.05, 3.63) is 28.8 Å². The van der Waals surface area contributed by atoms with Crippen molar-refractivity contribution in [1.82, 2.24) is 14.5 Å². The zero-order valence-corrected chi connectivity index (χ0v) is 16.1. The summed E-state index contributed by atoms with van der Waals surface area (Å²) in [4.78, 5) is 36.4. The van der Waals surface area contributed by atoms with Crippen molar-refractivity contribution in [1.29, 1.82) is 0 Å². The van der Waals surface area contributed by atoms with Gasteiger partial charge in [0.2, 0.25) is 21.8 Å². The lowest BCUT2D eigenvalue weighted by Gasteiger charge is -2.15. The average molecular weight is 402 g/mol. The standard InChI is InChI=1S/C16H20ClN3O5S/c1-19(2)26(24,25)11-4-5-13(17)12(10-11)16(23)18-8-3-9-20-14(21)6-7-15(20)22/h4-5,10H,3,6-9H2,1-2H3,(H,18,23). The zero-order valence-electron chi connectivity index (χ0n) is 14.5. The van der Waals surface area contributed by atoms with Gasteiger partial charge in [-0.05, 0) is 24.6 Å². The van der Waals surface area contributed by atoms with Crippen molar-refractivity contribution in [3.8, 4) is 0 Å². The molecular formula is C16H20ClN3O5S. The Morgan fingerprint density at radius 3 is 2.42 bits per heavy atom. The number of halogens is 1. The summed E-state index contributed by atoms with van der Waals surface area (Å²) in [6.07, 6.45) is 0.860. The van der Waals surface area contributed by atoms with Crippen molar-refractivity contribution in [2.75, 3.05) is 27.2 Å². The van der Waals surface area contributed by atoms with Crippen molar-refractivity contribution >= 4 is 39.3 Å². The summed E-state index contributed by atoms with van der Waals surface area (Å²) < 4.78 is 25.4. The normalized spacial score (nSPS) is 15.0. The van der Waals surface area contributed by atoms with Crippen LogP contribution in [0, 0.1) is 0 Å². The molecule has 1 heterocycles. The van der Waals surface area contributed by atoms with Gasteiger partial charge in [-0.25, -0.2) is 12.7 Å². The number of likely N-dealkylation sites (tertiary alicyclic amines) is 1. The highest BCUT2D eigenvalue weighted by atomic mass is 35.5. The van der Waals surface area contributed by atoms with Crippen LogP contribution in [0.3, 0.4) is 0 Å². The zero-order chi connectivity index (χ0) is 19.5. The van der Waals surface area contributed by atoms with Crippen LogP contribution in [0.2, 0.25) is 5.02 Å². The van der Waals surface area contributed by atoms with Crippen LogP contribution in [0.25, 0.3) is 0 Å². The number of hydrogen-bond donors (Lipinski definition) is 1. The second-order valence-electron chi connectivity index (χ2n) is 5.98. The first-order valence-corrected chi connectivity index (χ1v) is 9.80. The van der Waals surface area contributed by atoms with E-state index in [1.165, 1.54) is 37.2 Å². The minimum atomic E-state index is -3.69.